The monoisotopic (exact) mass is 298 g/mol. The number of H-pyrrole nitrogens is 1. The molecule has 6 nitrogen and oxygen atoms in total. The molecule has 1 N–H and O–H groups in total. The van der Waals surface area contributed by atoms with Gasteiger partial charge >= 0.3 is 0 Å². The Morgan fingerprint density at radius 3 is 2.73 bits per heavy atom. The largest absolute Gasteiger partial charge is 0.354 e. The summed E-state index contributed by atoms with van der Waals surface area (Å²) in [6, 6.07) is 0. The standard InChI is InChI=1S/C16H22N6/c1-10(2)15-19-16(21-20-15)13-9-22(8-12(13)11-3-4-11)14-7-17-5-6-18-14/h5-7,10-13H,3-4,8-9H2,1-2H3,(H,19,20,21)/t12-,13+/m1/s1. The van der Waals surface area contributed by atoms with Crippen LogP contribution in [-0.4, -0.2) is 38.2 Å². The van der Waals surface area contributed by atoms with Gasteiger partial charge in [-0.2, -0.15) is 5.10 Å². The Bertz CT molecular complexity index is 633. The normalized spacial score (nSPS) is 25.1. The van der Waals surface area contributed by atoms with Crippen molar-refractivity contribution in [1.82, 2.24) is 25.1 Å². The molecule has 0 spiro atoms. The van der Waals surface area contributed by atoms with E-state index in [2.05, 4.69) is 38.9 Å². The number of rotatable bonds is 4. The second-order valence-corrected chi connectivity index (χ2v) is 6.81. The van der Waals surface area contributed by atoms with Crippen molar-refractivity contribution in [2.24, 2.45) is 11.8 Å². The van der Waals surface area contributed by atoms with Crippen molar-refractivity contribution >= 4 is 5.82 Å². The third-order valence-electron chi connectivity index (χ3n) is 4.85. The summed E-state index contributed by atoms with van der Waals surface area (Å²) in [4.78, 5) is 15.7. The molecule has 0 unspecified atom stereocenters. The van der Waals surface area contributed by atoms with E-state index in [0.717, 1.165) is 36.5 Å². The molecule has 4 rings (SSSR count). The average Bonchev–Trinajstić information content (AvgIpc) is 3.10. The molecule has 2 aromatic rings. The molecule has 1 saturated heterocycles. The van der Waals surface area contributed by atoms with Crippen LogP contribution in [0.5, 0.6) is 0 Å². The van der Waals surface area contributed by atoms with Gasteiger partial charge in [0.25, 0.3) is 0 Å². The summed E-state index contributed by atoms with van der Waals surface area (Å²) in [6.07, 6.45) is 8.04. The lowest BCUT2D eigenvalue weighted by Crippen LogP contribution is -2.21. The van der Waals surface area contributed by atoms with Gasteiger partial charge in [0.1, 0.15) is 11.6 Å². The summed E-state index contributed by atoms with van der Waals surface area (Å²) in [6.45, 7) is 6.26. The summed E-state index contributed by atoms with van der Waals surface area (Å²) in [5.74, 6) is 5.21. The third kappa shape index (κ3) is 2.46. The van der Waals surface area contributed by atoms with Crippen molar-refractivity contribution in [2.75, 3.05) is 18.0 Å². The van der Waals surface area contributed by atoms with Crippen molar-refractivity contribution in [2.45, 2.75) is 38.5 Å². The van der Waals surface area contributed by atoms with Crippen LogP contribution >= 0.6 is 0 Å². The Morgan fingerprint density at radius 2 is 2.09 bits per heavy atom. The molecule has 2 aromatic heterocycles. The van der Waals surface area contributed by atoms with Crippen LogP contribution in [0.2, 0.25) is 0 Å². The fraction of sp³-hybridized carbons (Fsp3) is 0.625. The highest BCUT2D eigenvalue weighted by Gasteiger charge is 2.44. The predicted molar refractivity (Wildman–Crippen MR) is 83.7 cm³/mol. The Hall–Kier alpha value is -1.98. The number of nitrogens with zero attached hydrogens (tertiary/aromatic N) is 5. The number of hydrogen-bond acceptors (Lipinski definition) is 5. The maximum absolute atomic E-state index is 4.75. The molecule has 0 bridgehead atoms. The molecule has 116 valence electrons. The Balaban J connectivity index is 1.59. The van der Waals surface area contributed by atoms with Gasteiger partial charge in [-0.1, -0.05) is 13.8 Å². The summed E-state index contributed by atoms with van der Waals surface area (Å²) in [5.41, 5.74) is 0. The van der Waals surface area contributed by atoms with E-state index < -0.39 is 0 Å². The highest BCUT2D eigenvalue weighted by atomic mass is 15.3. The minimum atomic E-state index is 0.363. The quantitative estimate of drug-likeness (QED) is 0.938. The molecule has 0 radical (unpaired) electrons. The molecule has 2 atom stereocenters. The molecular formula is C16H22N6. The molecular weight excluding hydrogens is 276 g/mol. The zero-order valence-corrected chi connectivity index (χ0v) is 13.1. The zero-order chi connectivity index (χ0) is 15.1. The molecule has 22 heavy (non-hydrogen) atoms. The second-order valence-electron chi connectivity index (χ2n) is 6.81. The van der Waals surface area contributed by atoms with Gasteiger partial charge in [-0.15, -0.1) is 0 Å². The molecule has 1 aliphatic carbocycles. The van der Waals surface area contributed by atoms with Crippen LogP contribution in [-0.2, 0) is 0 Å². The van der Waals surface area contributed by atoms with E-state index >= 15 is 0 Å². The molecule has 1 aliphatic heterocycles. The molecule has 0 aromatic carbocycles. The van der Waals surface area contributed by atoms with Crippen LogP contribution in [0.25, 0.3) is 0 Å². The third-order valence-corrected chi connectivity index (χ3v) is 4.85. The van der Waals surface area contributed by atoms with Crippen molar-refractivity contribution in [3.63, 3.8) is 0 Å². The van der Waals surface area contributed by atoms with Crippen LogP contribution < -0.4 is 4.90 Å². The zero-order valence-electron chi connectivity index (χ0n) is 13.1. The van der Waals surface area contributed by atoms with Crippen molar-refractivity contribution < 1.29 is 0 Å². The van der Waals surface area contributed by atoms with Crippen molar-refractivity contribution in [1.29, 1.82) is 0 Å². The van der Waals surface area contributed by atoms with Crippen LogP contribution in [0.1, 0.15) is 50.2 Å². The maximum atomic E-state index is 4.75. The molecule has 2 fully saturated rings. The summed E-state index contributed by atoms with van der Waals surface area (Å²) >= 11 is 0. The lowest BCUT2D eigenvalue weighted by Gasteiger charge is -2.16. The van der Waals surface area contributed by atoms with E-state index in [-0.39, 0.29) is 0 Å². The van der Waals surface area contributed by atoms with Crippen LogP contribution in [0.15, 0.2) is 18.6 Å². The first kappa shape index (κ1) is 13.7. The van der Waals surface area contributed by atoms with Crippen molar-refractivity contribution in [3.05, 3.63) is 30.2 Å². The smallest absolute Gasteiger partial charge is 0.153 e. The number of hydrogen-bond donors (Lipinski definition) is 1. The Kier molecular flexibility index (Phi) is 3.32. The highest BCUT2D eigenvalue weighted by Crippen LogP contribution is 2.47. The number of aromatic amines is 1. The van der Waals surface area contributed by atoms with E-state index in [1.165, 1.54) is 12.8 Å². The van der Waals surface area contributed by atoms with Crippen LogP contribution in [0, 0.1) is 11.8 Å². The SMILES string of the molecule is CC(C)c1n[nH]c([C@H]2CN(c3cnccn3)C[C@@H]2C2CC2)n1. The second kappa shape index (κ2) is 5.34. The Labute approximate surface area is 130 Å². The van der Waals surface area contributed by atoms with E-state index in [1.807, 2.05) is 6.20 Å². The van der Waals surface area contributed by atoms with Crippen molar-refractivity contribution in [3.8, 4) is 0 Å². The fourth-order valence-electron chi connectivity index (χ4n) is 3.47. The van der Waals surface area contributed by atoms with Gasteiger partial charge in [0.2, 0.25) is 0 Å². The van der Waals surface area contributed by atoms with Gasteiger partial charge in [0.05, 0.1) is 6.20 Å². The van der Waals surface area contributed by atoms with Gasteiger partial charge in [-0.05, 0) is 24.7 Å². The first-order valence-corrected chi connectivity index (χ1v) is 8.15. The highest BCUT2D eigenvalue weighted by molar-refractivity contribution is 5.39. The van der Waals surface area contributed by atoms with Gasteiger partial charge in [0.15, 0.2) is 5.82 Å². The van der Waals surface area contributed by atoms with Gasteiger partial charge < -0.3 is 4.90 Å². The summed E-state index contributed by atoms with van der Waals surface area (Å²) < 4.78 is 0. The number of anilines is 1. The van der Waals surface area contributed by atoms with Gasteiger partial charge in [0, 0.05) is 37.3 Å². The first-order valence-electron chi connectivity index (χ1n) is 8.15. The first-order chi connectivity index (χ1) is 10.7. The molecule has 1 saturated carbocycles. The summed E-state index contributed by atoms with van der Waals surface area (Å²) in [5, 5.41) is 7.58. The van der Waals surface area contributed by atoms with E-state index in [0.29, 0.717) is 17.8 Å². The maximum Gasteiger partial charge on any atom is 0.153 e. The minimum Gasteiger partial charge on any atom is -0.354 e. The molecule has 3 heterocycles. The van der Waals surface area contributed by atoms with E-state index in [1.54, 1.807) is 12.4 Å². The lowest BCUT2D eigenvalue weighted by atomic mass is 9.91. The fourth-order valence-corrected chi connectivity index (χ4v) is 3.47. The predicted octanol–water partition coefficient (Wildman–Crippen LogP) is 2.35. The van der Waals surface area contributed by atoms with Gasteiger partial charge in [-0.25, -0.2) is 9.97 Å². The average molecular weight is 298 g/mol. The molecule has 2 aliphatic rings. The van der Waals surface area contributed by atoms with E-state index in [9.17, 15) is 0 Å². The number of aromatic nitrogens is 5. The van der Waals surface area contributed by atoms with E-state index in [4.69, 9.17) is 4.98 Å². The molecule has 6 heteroatoms. The number of nitrogens with one attached hydrogen (secondary N) is 1. The topological polar surface area (TPSA) is 70.6 Å². The molecule has 0 amide bonds. The lowest BCUT2D eigenvalue weighted by molar-refractivity contribution is 0.444. The van der Waals surface area contributed by atoms with Gasteiger partial charge in [-0.3, -0.25) is 10.1 Å². The Morgan fingerprint density at radius 1 is 1.23 bits per heavy atom. The summed E-state index contributed by atoms with van der Waals surface area (Å²) in [7, 11) is 0. The van der Waals surface area contributed by atoms with Crippen LogP contribution in [0.4, 0.5) is 5.82 Å². The minimum absolute atomic E-state index is 0.363. The van der Waals surface area contributed by atoms with Crippen LogP contribution in [0.3, 0.4) is 0 Å².